The van der Waals surface area contributed by atoms with E-state index in [2.05, 4.69) is 10.3 Å². The number of rotatable bonds is 4. The molecular weight excluding hydrogens is 394 g/mol. The van der Waals surface area contributed by atoms with E-state index in [-0.39, 0.29) is 28.8 Å². The second-order valence-corrected chi connectivity index (χ2v) is 7.40. The Labute approximate surface area is 172 Å². The zero-order valence-corrected chi connectivity index (χ0v) is 16.3. The van der Waals surface area contributed by atoms with Gasteiger partial charge in [0, 0.05) is 18.3 Å². The van der Waals surface area contributed by atoms with E-state index in [0.29, 0.717) is 18.5 Å². The third kappa shape index (κ3) is 4.79. The summed E-state index contributed by atoms with van der Waals surface area (Å²) in [7, 11) is 0. The molecule has 9 heteroatoms. The lowest BCUT2D eigenvalue weighted by Gasteiger charge is -2.38. The van der Waals surface area contributed by atoms with Crippen LogP contribution >= 0.6 is 0 Å². The number of nitrogens with one attached hydrogen (secondary N) is 1. The summed E-state index contributed by atoms with van der Waals surface area (Å²) in [6.07, 6.45) is 1.45. The van der Waals surface area contributed by atoms with Crippen LogP contribution in [0.4, 0.5) is 14.5 Å². The molecule has 1 aliphatic heterocycles. The van der Waals surface area contributed by atoms with Crippen LogP contribution in [0.5, 0.6) is 0 Å². The minimum Gasteiger partial charge on any atom is -0.366 e. The Kier molecular flexibility index (Phi) is 6.39. The van der Waals surface area contributed by atoms with Crippen LogP contribution in [0.3, 0.4) is 0 Å². The maximum atomic E-state index is 12.9. The number of nitrogens with zero attached hydrogens (tertiary/aromatic N) is 2. The topological polar surface area (TPSA) is 105 Å². The van der Waals surface area contributed by atoms with Crippen molar-refractivity contribution < 1.29 is 23.2 Å². The number of hydrogen-bond acceptors (Lipinski definition) is 4. The van der Waals surface area contributed by atoms with Gasteiger partial charge in [-0.2, -0.15) is 0 Å². The maximum absolute atomic E-state index is 12.9. The van der Waals surface area contributed by atoms with Crippen LogP contribution in [0.2, 0.25) is 0 Å². The number of aromatic nitrogens is 1. The molecule has 0 radical (unpaired) electrons. The van der Waals surface area contributed by atoms with Crippen molar-refractivity contribution in [1.29, 1.82) is 0 Å². The van der Waals surface area contributed by atoms with Crippen molar-refractivity contribution in [3.8, 4) is 0 Å². The summed E-state index contributed by atoms with van der Waals surface area (Å²) < 4.78 is 25.7. The van der Waals surface area contributed by atoms with Crippen LogP contribution in [-0.4, -0.2) is 34.2 Å². The number of carbonyl (C=O) groups is 3. The molecule has 3 N–H and O–H groups in total. The molecule has 30 heavy (non-hydrogen) atoms. The highest BCUT2D eigenvalue weighted by Gasteiger charge is 2.34. The van der Waals surface area contributed by atoms with Gasteiger partial charge in [-0.1, -0.05) is 31.2 Å². The predicted molar refractivity (Wildman–Crippen MR) is 106 cm³/mol. The number of alkyl halides is 2. The van der Waals surface area contributed by atoms with Gasteiger partial charge < -0.3 is 16.0 Å². The van der Waals surface area contributed by atoms with Crippen molar-refractivity contribution in [1.82, 2.24) is 9.88 Å². The molecule has 2 aromatic rings. The molecule has 1 aliphatic rings. The molecule has 7 nitrogen and oxygen atoms in total. The van der Waals surface area contributed by atoms with Gasteiger partial charge in [-0.3, -0.25) is 19.4 Å². The fourth-order valence-electron chi connectivity index (χ4n) is 3.55. The minimum atomic E-state index is -2.57. The van der Waals surface area contributed by atoms with Crippen LogP contribution in [0, 0.1) is 5.92 Å². The number of hydrogen-bond donors (Lipinski definition) is 2. The highest BCUT2D eigenvalue weighted by molar-refractivity contribution is 6.39. The SMILES string of the molecule is CC1CCC(c2ccc(C(F)F)cc2)N(C(=O)C(=O)Nc2cncc(C(N)=O)c2)C1. The number of primary amides is 1. The van der Waals surface area contributed by atoms with Crippen molar-refractivity contribution in [2.45, 2.75) is 32.2 Å². The van der Waals surface area contributed by atoms with E-state index in [1.165, 1.54) is 35.5 Å². The number of pyridine rings is 1. The monoisotopic (exact) mass is 416 g/mol. The van der Waals surface area contributed by atoms with Crippen molar-refractivity contribution in [3.63, 3.8) is 0 Å². The smallest absolute Gasteiger partial charge is 0.313 e. The van der Waals surface area contributed by atoms with Crippen LogP contribution in [-0.2, 0) is 9.59 Å². The van der Waals surface area contributed by atoms with E-state index < -0.39 is 24.1 Å². The Morgan fingerprint density at radius 2 is 1.87 bits per heavy atom. The van der Waals surface area contributed by atoms with E-state index in [0.717, 1.165) is 6.42 Å². The molecule has 158 valence electrons. The van der Waals surface area contributed by atoms with Crippen LogP contribution in [0.25, 0.3) is 0 Å². The first kappa shape index (κ1) is 21.4. The second-order valence-electron chi connectivity index (χ2n) is 7.40. The Morgan fingerprint density at radius 1 is 1.17 bits per heavy atom. The van der Waals surface area contributed by atoms with Gasteiger partial charge in [-0.15, -0.1) is 0 Å². The molecule has 2 heterocycles. The summed E-state index contributed by atoms with van der Waals surface area (Å²) in [5, 5.41) is 2.45. The van der Waals surface area contributed by atoms with Gasteiger partial charge in [0.2, 0.25) is 5.91 Å². The van der Waals surface area contributed by atoms with Crippen LogP contribution < -0.4 is 11.1 Å². The Morgan fingerprint density at radius 3 is 2.50 bits per heavy atom. The normalized spacial score (nSPS) is 18.9. The fraction of sp³-hybridized carbons (Fsp3) is 0.333. The van der Waals surface area contributed by atoms with Gasteiger partial charge in [0.05, 0.1) is 23.5 Å². The molecule has 1 fully saturated rings. The number of nitrogens with two attached hydrogens (primary N) is 1. The molecule has 0 aliphatic carbocycles. The Hall–Kier alpha value is -3.36. The van der Waals surface area contributed by atoms with Gasteiger partial charge in [-0.05, 0) is 30.4 Å². The first-order valence-corrected chi connectivity index (χ1v) is 9.51. The van der Waals surface area contributed by atoms with Gasteiger partial charge >= 0.3 is 11.8 Å². The number of anilines is 1. The molecule has 3 rings (SSSR count). The molecule has 0 bridgehead atoms. The number of benzene rings is 1. The average molecular weight is 416 g/mol. The molecule has 2 unspecified atom stereocenters. The van der Waals surface area contributed by atoms with E-state index in [1.807, 2.05) is 6.92 Å². The van der Waals surface area contributed by atoms with Crippen LogP contribution in [0.15, 0.2) is 42.7 Å². The molecule has 1 saturated heterocycles. The molecule has 1 aromatic carbocycles. The highest BCUT2D eigenvalue weighted by Crippen LogP contribution is 2.34. The maximum Gasteiger partial charge on any atom is 0.313 e. The third-order valence-corrected chi connectivity index (χ3v) is 5.13. The number of likely N-dealkylation sites (tertiary alicyclic amines) is 1. The molecule has 0 saturated carbocycles. The summed E-state index contributed by atoms with van der Waals surface area (Å²) in [6, 6.07) is 6.76. The largest absolute Gasteiger partial charge is 0.366 e. The minimum absolute atomic E-state index is 0.0969. The lowest BCUT2D eigenvalue weighted by atomic mass is 9.89. The Bertz CT molecular complexity index is 950. The van der Waals surface area contributed by atoms with E-state index in [1.54, 1.807) is 12.1 Å². The first-order valence-electron chi connectivity index (χ1n) is 9.51. The highest BCUT2D eigenvalue weighted by atomic mass is 19.3. The van der Waals surface area contributed by atoms with Gasteiger partial charge in [0.15, 0.2) is 0 Å². The summed E-state index contributed by atoms with van der Waals surface area (Å²) >= 11 is 0. The van der Waals surface area contributed by atoms with E-state index in [4.69, 9.17) is 5.73 Å². The van der Waals surface area contributed by atoms with Crippen molar-refractivity contribution in [2.75, 3.05) is 11.9 Å². The molecule has 1 aromatic heterocycles. The van der Waals surface area contributed by atoms with Gasteiger partial charge in [0.1, 0.15) is 0 Å². The standard InChI is InChI=1S/C21H22F2N4O3/c1-12-2-7-17(13-3-5-14(6-4-13)18(22)23)27(11-12)21(30)20(29)26-16-8-15(19(24)28)9-25-10-16/h3-6,8-10,12,17-18H,2,7,11H2,1H3,(H2,24,28)(H,26,29). The molecule has 2 atom stereocenters. The summed E-state index contributed by atoms with van der Waals surface area (Å²) in [5.41, 5.74) is 6.08. The molecular formula is C21H22F2N4O3. The number of amides is 3. The number of halogens is 2. The third-order valence-electron chi connectivity index (χ3n) is 5.13. The number of piperidine rings is 1. The first-order chi connectivity index (χ1) is 14.3. The lowest BCUT2D eigenvalue weighted by Crippen LogP contribution is -2.46. The number of carbonyl (C=O) groups excluding carboxylic acids is 3. The molecule has 0 spiro atoms. The lowest BCUT2D eigenvalue weighted by molar-refractivity contribution is -0.146. The van der Waals surface area contributed by atoms with Crippen molar-refractivity contribution in [2.24, 2.45) is 11.7 Å². The zero-order valence-electron chi connectivity index (χ0n) is 16.3. The fourth-order valence-corrected chi connectivity index (χ4v) is 3.55. The van der Waals surface area contributed by atoms with Crippen LogP contribution in [0.1, 0.15) is 53.7 Å². The summed E-state index contributed by atoms with van der Waals surface area (Å²) in [6.45, 7) is 2.35. The summed E-state index contributed by atoms with van der Waals surface area (Å²) in [5.74, 6) is -2.13. The van der Waals surface area contributed by atoms with Crippen molar-refractivity contribution >= 4 is 23.4 Å². The second kappa shape index (κ2) is 8.98. The molecule has 3 amide bonds. The van der Waals surface area contributed by atoms with Gasteiger partial charge in [0.25, 0.3) is 6.43 Å². The predicted octanol–water partition coefficient (Wildman–Crippen LogP) is 3.06. The summed E-state index contributed by atoms with van der Waals surface area (Å²) in [4.78, 5) is 42.0. The van der Waals surface area contributed by atoms with Crippen molar-refractivity contribution in [3.05, 3.63) is 59.4 Å². The van der Waals surface area contributed by atoms with E-state index >= 15 is 0 Å². The Balaban J connectivity index is 1.79. The average Bonchev–Trinajstić information content (AvgIpc) is 2.73. The van der Waals surface area contributed by atoms with Gasteiger partial charge in [-0.25, -0.2) is 8.78 Å². The van der Waals surface area contributed by atoms with E-state index in [9.17, 15) is 23.2 Å². The quantitative estimate of drug-likeness (QED) is 0.747. The zero-order chi connectivity index (χ0) is 21.8.